The van der Waals surface area contributed by atoms with Crippen LogP contribution in [0.5, 0.6) is 0 Å². The molecule has 6 nitrogen and oxygen atoms in total. The molecule has 2 aromatic rings. The summed E-state index contributed by atoms with van der Waals surface area (Å²) in [5, 5.41) is 12.2. The van der Waals surface area contributed by atoms with Crippen LogP contribution in [0.2, 0.25) is 0 Å². The minimum atomic E-state index is -0.0104. The molecule has 1 aromatic carbocycles. The Bertz CT molecular complexity index is 763. The fraction of sp³-hybridized carbons (Fsp3) is 0.526. The number of aromatic nitrogens is 3. The van der Waals surface area contributed by atoms with Crippen molar-refractivity contribution in [1.29, 1.82) is 0 Å². The summed E-state index contributed by atoms with van der Waals surface area (Å²) in [4.78, 5) is 14.7. The Hall–Kier alpha value is -2.02. The third-order valence-corrected chi connectivity index (χ3v) is 5.89. The lowest BCUT2D eigenvalue weighted by Crippen LogP contribution is -2.29. The molecule has 1 saturated carbocycles. The van der Waals surface area contributed by atoms with Gasteiger partial charge >= 0.3 is 0 Å². The minimum absolute atomic E-state index is 0.0104. The Morgan fingerprint density at radius 3 is 2.58 bits per heavy atom. The molecule has 1 N–H and O–H groups in total. The summed E-state index contributed by atoms with van der Waals surface area (Å²) in [6.45, 7) is 4.23. The molecule has 2 heterocycles. The minimum Gasteiger partial charge on any atom is -0.372 e. The first-order chi connectivity index (χ1) is 12.7. The quantitative estimate of drug-likeness (QED) is 0.786. The molecule has 0 atom stereocenters. The number of nitrogens with zero attached hydrogens (tertiary/aromatic N) is 4. The zero-order chi connectivity index (χ0) is 17.9. The largest absolute Gasteiger partial charge is 0.372 e. The maximum Gasteiger partial charge on any atom is 0.234 e. The second-order valence-corrected chi connectivity index (χ2v) is 8.00. The van der Waals surface area contributed by atoms with Gasteiger partial charge in [0.05, 0.1) is 5.75 Å². The van der Waals surface area contributed by atoms with Crippen LogP contribution >= 0.6 is 11.8 Å². The topological polar surface area (TPSA) is 63.1 Å². The van der Waals surface area contributed by atoms with Gasteiger partial charge in [-0.1, -0.05) is 11.8 Å². The summed E-state index contributed by atoms with van der Waals surface area (Å²) in [5.74, 6) is 1.27. The molecule has 2 fully saturated rings. The fourth-order valence-electron chi connectivity index (χ4n) is 3.44. The van der Waals surface area contributed by atoms with Gasteiger partial charge in [0.1, 0.15) is 5.82 Å². The van der Waals surface area contributed by atoms with Crippen LogP contribution in [0.1, 0.15) is 44.0 Å². The van der Waals surface area contributed by atoms with E-state index < -0.39 is 0 Å². The van der Waals surface area contributed by atoms with Gasteiger partial charge in [-0.3, -0.25) is 4.79 Å². The highest BCUT2D eigenvalue weighted by atomic mass is 32.2. The lowest BCUT2D eigenvalue weighted by Gasteiger charge is -2.28. The molecule has 4 rings (SSSR count). The molecule has 1 amide bonds. The number of carbonyl (C=O) groups excluding carboxylic acids is 1. The van der Waals surface area contributed by atoms with E-state index in [0.717, 1.165) is 29.8 Å². The van der Waals surface area contributed by atoms with Crippen molar-refractivity contribution in [2.45, 2.75) is 50.2 Å². The van der Waals surface area contributed by atoms with E-state index in [1.807, 2.05) is 19.1 Å². The summed E-state index contributed by atoms with van der Waals surface area (Å²) in [6, 6.07) is 8.70. The predicted molar refractivity (Wildman–Crippen MR) is 105 cm³/mol. The fourth-order valence-corrected chi connectivity index (χ4v) is 4.29. The maximum atomic E-state index is 12.3. The third-order valence-electron chi connectivity index (χ3n) is 4.95. The van der Waals surface area contributed by atoms with Crippen molar-refractivity contribution in [1.82, 2.24) is 14.8 Å². The number of nitrogens with one attached hydrogen (secondary N) is 1. The van der Waals surface area contributed by atoms with Crippen LogP contribution in [0.25, 0.3) is 0 Å². The van der Waals surface area contributed by atoms with Gasteiger partial charge < -0.3 is 14.8 Å². The van der Waals surface area contributed by atoms with E-state index >= 15 is 0 Å². The van der Waals surface area contributed by atoms with Gasteiger partial charge in [0.15, 0.2) is 5.16 Å². The van der Waals surface area contributed by atoms with Crippen LogP contribution in [0.3, 0.4) is 0 Å². The van der Waals surface area contributed by atoms with Gasteiger partial charge in [0.25, 0.3) is 0 Å². The molecule has 138 valence electrons. The molecule has 2 aliphatic rings. The average molecular weight is 372 g/mol. The molecular weight excluding hydrogens is 346 g/mol. The smallest absolute Gasteiger partial charge is 0.234 e. The SMILES string of the molecule is Cc1nnc(SCC(=O)Nc2ccc(N3CCCCC3)cc2)n1C1CC1. The third kappa shape index (κ3) is 4.03. The lowest BCUT2D eigenvalue weighted by molar-refractivity contribution is -0.113. The van der Waals surface area contributed by atoms with Gasteiger partial charge in [-0.2, -0.15) is 0 Å². The number of thioether (sulfide) groups is 1. The summed E-state index contributed by atoms with van der Waals surface area (Å²) >= 11 is 1.46. The Labute approximate surface area is 158 Å². The van der Waals surface area contributed by atoms with E-state index in [9.17, 15) is 4.79 Å². The van der Waals surface area contributed by atoms with Crippen LogP contribution in [0.15, 0.2) is 29.4 Å². The van der Waals surface area contributed by atoms with Crippen molar-refractivity contribution >= 4 is 29.0 Å². The Morgan fingerprint density at radius 2 is 1.88 bits per heavy atom. The average Bonchev–Trinajstić information content (AvgIpc) is 3.44. The number of aryl methyl sites for hydroxylation is 1. The number of piperidine rings is 1. The molecule has 1 aliphatic carbocycles. The zero-order valence-electron chi connectivity index (χ0n) is 15.1. The van der Waals surface area contributed by atoms with E-state index in [2.05, 4.69) is 37.1 Å². The summed E-state index contributed by atoms with van der Waals surface area (Å²) < 4.78 is 2.16. The lowest BCUT2D eigenvalue weighted by atomic mass is 10.1. The van der Waals surface area contributed by atoms with Crippen molar-refractivity contribution in [2.75, 3.05) is 29.1 Å². The molecular formula is C19H25N5OS. The van der Waals surface area contributed by atoms with Crippen molar-refractivity contribution in [2.24, 2.45) is 0 Å². The molecule has 0 unspecified atom stereocenters. The zero-order valence-corrected chi connectivity index (χ0v) is 16.0. The number of anilines is 2. The maximum absolute atomic E-state index is 12.3. The van der Waals surface area contributed by atoms with Gasteiger partial charge in [-0.15, -0.1) is 10.2 Å². The van der Waals surface area contributed by atoms with Crippen LogP contribution in [-0.4, -0.2) is 39.5 Å². The first-order valence-electron chi connectivity index (χ1n) is 9.40. The highest BCUT2D eigenvalue weighted by Crippen LogP contribution is 2.38. The molecule has 26 heavy (non-hydrogen) atoms. The molecule has 0 bridgehead atoms. The second-order valence-electron chi connectivity index (χ2n) is 7.06. The van der Waals surface area contributed by atoms with E-state index in [1.54, 1.807) is 0 Å². The number of carbonyl (C=O) groups is 1. The number of rotatable bonds is 6. The van der Waals surface area contributed by atoms with Crippen molar-refractivity contribution in [3.63, 3.8) is 0 Å². The first kappa shape index (κ1) is 17.4. The van der Waals surface area contributed by atoms with Gasteiger partial charge in [-0.25, -0.2) is 0 Å². The predicted octanol–water partition coefficient (Wildman–Crippen LogP) is 3.64. The monoisotopic (exact) mass is 371 g/mol. The molecule has 1 aliphatic heterocycles. The van der Waals surface area contributed by atoms with E-state index in [1.165, 1.54) is 49.6 Å². The van der Waals surface area contributed by atoms with E-state index in [0.29, 0.717) is 11.8 Å². The highest BCUT2D eigenvalue weighted by molar-refractivity contribution is 7.99. The van der Waals surface area contributed by atoms with Crippen LogP contribution in [-0.2, 0) is 4.79 Å². The molecule has 0 spiro atoms. The number of amides is 1. The number of hydrogen-bond donors (Lipinski definition) is 1. The van der Waals surface area contributed by atoms with Gasteiger partial charge in [0.2, 0.25) is 5.91 Å². The Morgan fingerprint density at radius 1 is 1.15 bits per heavy atom. The standard InChI is InChI=1S/C19H25N5OS/c1-14-21-22-19(24(14)17-9-10-17)26-13-18(25)20-15-5-7-16(8-6-15)23-11-3-2-4-12-23/h5-8,17H,2-4,9-13H2,1H3,(H,20,25). The van der Waals surface area contributed by atoms with E-state index in [4.69, 9.17) is 0 Å². The van der Waals surface area contributed by atoms with Crippen LogP contribution in [0, 0.1) is 6.92 Å². The Kier molecular flexibility index (Phi) is 5.15. The first-order valence-corrected chi connectivity index (χ1v) is 10.4. The number of benzene rings is 1. The molecule has 0 radical (unpaired) electrons. The second kappa shape index (κ2) is 7.70. The molecule has 1 aromatic heterocycles. The van der Waals surface area contributed by atoms with Crippen LogP contribution in [0.4, 0.5) is 11.4 Å². The van der Waals surface area contributed by atoms with Gasteiger partial charge in [-0.05, 0) is 63.3 Å². The Balaban J connectivity index is 1.30. The summed E-state index contributed by atoms with van der Waals surface area (Å²) in [5.41, 5.74) is 2.08. The van der Waals surface area contributed by atoms with Gasteiger partial charge in [0, 0.05) is 30.5 Å². The van der Waals surface area contributed by atoms with Crippen molar-refractivity contribution in [3.05, 3.63) is 30.1 Å². The number of hydrogen-bond acceptors (Lipinski definition) is 5. The summed E-state index contributed by atoms with van der Waals surface area (Å²) in [6.07, 6.45) is 6.22. The summed E-state index contributed by atoms with van der Waals surface area (Å²) in [7, 11) is 0. The van der Waals surface area contributed by atoms with Crippen LogP contribution < -0.4 is 10.2 Å². The van der Waals surface area contributed by atoms with Crippen molar-refractivity contribution in [3.8, 4) is 0 Å². The normalized spacial score (nSPS) is 17.3. The highest BCUT2D eigenvalue weighted by Gasteiger charge is 2.28. The molecule has 1 saturated heterocycles. The molecule has 7 heteroatoms. The van der Waals surface area contributed by atoms with E-state index in [-0.39, 0.29) is 5.91 Å². The van der Waals surface area contributed by atoms with Crippen molar-refractivity contribution < 1.29 is 4.79 Å².